The van der Waals surface area contributed by atoms with E-state index in [4.69, 9.17) is 5.73 Å². The van der Waals surface area contributed by atoms with Gasteiger partial charge in [-0.05, 0) is 30.6 Å². The zero-order valence-electron chi connectivity index (χ0n) is 10.5. The number of amides is 1. The second-order valence-corrected chi connectivity index (χ2v) is 6.20. The summed E-state index contributed by atoms with van der Waals surface area (Å²) in [5.74, 6) is 1.02. The molecule has 1 amide bonds. The van der Waals surface area contributed by atoms with Crippen molar-refractivity contribution in [1.82, 2.24) is 4.90 Å². The maximum absolute atomic E-state index is 12.1. The predicted octanol–water partition coefficient (Wildman–Crippen LogP) is 1.76. The van der Waals surface area contributed by atoms with E-state index in [9.17, 15) is 4.79 Å². The zero-order valence-corrected chi connectivity index (χ0v) is 10.5. The molecule has 3 nitrogen and oxygen atoms in total. The minimum absolute atomic E-state index is 0.0769. The van der Waals surface area contributed by atoms with Crippen molar-refractivity contribution >= 4 is 5.91 Å². The first-order valence-corrected chi connectivity index (χ1v) is 6.52. The van der Waals surface area contributed by atoms with Crippen molar-refractivity contribution in [3.63, 3.8) is 0 Å². The Bertz CT molecular complexity index is 271. The Balaban J connectivity index is 1.87. The van der Waals surface area contributed by atoms with Crippen molar-refractivity contribution < 1.29 is 4.79 Å². The fourth-order valence-electron chi connectivity index (χ4n) is 2.66. The van der Waals surface area contributed by atoms with Crippen LogP contribution < -0.4 is 5.73 Å². The first kappa shape index (κ1) is 11.9. The fraction of sp³-hybridized carbons (Fsp3) is 0.923. The van der Waals surface area contributed by atoms with Crippen LogP contribution >= 0.6 is 0 Å². The third kappa shape index (κ3) is 2.40. The summed E-state index contributed by atoms with van der Waals surface area (Å²) in [5, 5.41) is 0. The largest absolute Gasteiger partial charge is 0.342 e. The molecular formula is C13H24N2O. The number of piperidine rings is 1. The quantitative estimate of drug-likeness (QED) is 0.777. The lowest BCUT2D eigenvalue weighted by atomic mass is 9.78. The van der Waals surface area contributed by atoms with Gasteiger partial charge in [0, 0.05) is 25.6 Å². The van der Waals surface area contributed by atoms with Gasteiger partial charge in [0.05, 0.1) is 0 Å². The van der Waals surface area contributed by atoms with E-state index in [1.54, 1.807) is 0 Å². The smallest absolute Gasteiger partial charge is 0.222 e. The second-order valence-electron chi connectivity index (χ2n) is 6.20. The number of hydrogen-bond donors (Lipinski definition) is 1. The van der Waals surface area contributed by atoms with Gasteiger partial charge in [0.2, 0.25) is 5.91 Å². The molecule has 0 radical (unpaired) electrons. The Hall–Kier alpha value is -0.570. The minimum atomic E-state index is 0.0769. The van der Waals surface area contributed by atoms with Gasteiger partial charge in [-0.15, -0.1) is 0 Å². The van der Waals surface area contributed by atoms with E-state index in [-0.39, 0.29) is 11.5 Å². The van der Waals surface area contributed by atoms with Crippen molar-refractivity contribution in [1.29, 1.82) is 0 Å². The van der Waals surface area contributed by atoms with E-state index in [1.807, 2.05) is 4.90 Å². The van der Waals surface area contributed by atoms with Crippen LogP contribution in [0.2, 0.25) is 0 Å². The lowest BCUT2D eigenvalue weighted by Gasteiger charge is -2.43. The van der Waals surface area contributed by atoms with Crippen LogP contribution in [-0.2, 0) is 4.79 Å². The fourth-order valence-corrected chi connectivity index (χ4v) is 2.66. The topological polar surface area (TPSA) is 46.3 Å². The van der Waals surface area contributed by atoms with Crippen LogP contribution in [0.25, 0.3) is 0 Å². The van der Waals surface area contributed by atoms with Crippen LogP contribution in [0.3, 0.4) is 0 Å². The van der Waals surface area contributed by atoms with Crippen LogP contribution in [0, 0.1) is 11.3 Å². The van der Waals surface area contributed by atoms with Gasteiger partial charge >= 0.3 is 0 Å². The van der Waals surface area contributed by atoms with Gasteiger partial charge in [0.25, 0.3) is 0 Å². The molecule has 2 fully saturated rings. The normalized spacial score (nSPS) is 29.9. The van der Waals surface area contributed by atoms with Crippen molar-refractivity contribution in [2.24, 2.45) is 17.1 Å². The molecule has 1 saturated carbocycles. The molecular weight excluding hydrogens is 200 g/mol. The lowest BCUT2D eigenvalue weighted by Crippen LogP contribution is -2.54. The molecule has 1 aliphatic carbocycles. The summed E-state index contributed by atoms with van der Waals surface area (Å²) < 4.78 is 0. The standard InChI is InChI=1S/C13H24N2O/c1-13(2)9-15(7-6-11(13)14)12(16)8-10-4-3-5-10/h10-11H,3-9,14H2,1-2H3. The molecule has 1 unspecified atom stereocenters. The molecule has 16 heavy (non-hydrogen) atoms. The molecule has 92 valence electrons. The maximum Gasteiger partial charge on any atom is 0.222 e. The summed E-state index contributed by atoms with van der Waals surface area (Å²) in [6.45, 7) is 6.02. The number of rotatable bonds is 2. The van der Waals surface area contributed by atoms with E-state index >= 15 is 0 Å². The average molecular weight is 224 g/mol. The van der Waals surface area contributed by atoms with Crippen LogP contribution in [0.1, 0.15) is 46.0 Å². The number of carbonyl (C=O) groups excluding carboxylic acids is 1. The van der Waals surface area contributed by atoms with E-state index < -0.39 is 0 Å². The summed E-state index contributed by atoms with van der Waals surface area (Å²) >= 11 is 0. The Kier molecular flexibility index (Phi) is 3.24. The molecule has 2 N–H and O–H groups in total. The number of nitrogens with two attached hydrogens (primary N) is 1. The Morgan fingerprint density at radius 2 is 2.06 bits per heavy atom. The van der Waals surface area contributed by atoms with Crippen molar-refractivity contribution in [2.75, 3.05) is 13.1 Å². The first-order valence-electron chi connectivity index (χ1n) is 6.52. The summed E-state index contributed by atoms with van der Waals surface area (Å²) in [6.07, 6.45) is 5.54. The van der Waals surface area contributed by atoms with Crippen molar-refractivity contribution in [3.8, 4) is 0 Å². The molecule has 1 saturated heterocycles. The van der Waals surface area contributed by atoms with Crippen LogP contribution in [0.5, 0.6) is 0 Å². The molecule has 0 aromatic heterocycles. The summed E-state index contributed by atoms with van der Waals surface area (Å²) in [7, 11) is 0. The third-order valence-electron chi connectivity index (χ3n) is 4.35. The highest BCUT2D eigenvalue weighted by Crippen LogP contribution is 2.32. The van der Waals surface area contributed by atoms with Crippen LogP contribution in [-0.4, -0.2) is 29.9 Å². The number of nitrogens with zero attached hydrogens (tertiary/aromatic N) is 1. The minimum Gasteiger partial charge on any atom is -0.342 e. The Morgan fingerprint density at radius 3 is 2.56 bits per heavy atom. The summed E-state index contributed by atoms with van der Waals surface area (Å²) in [6, 6.07) is 0.236. The monoisotopic (exact) mass is 224 g/mol. The molecule has 0 bridgehead atoms. The Morgan fingerprint density at radius 1 is 1.38 bits per heavy atom. The second kappa shape index (κ2) is 4.36. The van der Waals surface area contributed by atoms with E-state index in [0.29, 0.717) is 11.8 Å². The molecule has 1 aliphatic heterocycles. The first-order chi connectivity index (χ1) is 7.49. The van der Waals surface area contributed by atoms with Crippen molar-refractivity contribution in [3.05, 3.63) is 0 Å². The van der Waals surface area contributed by atoms with E-state index in [1.165, 1.54) is 19.3 Å². The molecule has 1 heterocycles. The van der Waals surface area contributed by atoms with E-state index in [2.05, 4.69) is 13.8 Å². The van der Waals surface area contributed by atoms with Gasteiger partial charge in [-0.1, -0.05) is 20.3 Å². The highest BCUT2D eigenvalue weighted by molar-refractivity contribution is 5.76. The van der Waals surface area contributed by atoms with Crippen molar-refractivity contribution in [2.45, 2.75) is 52.0 Å². The predicted molar refractivity (Wildman–Crippen MR) is 64.9 cm³/mol. The Labute approximate surface area is 98.4 Å². The van der Waals surface area contributed by atoms with Gasteiger partial charge in [-0.3, -0.25) is 4.79 Å². The van der Waals surface area contributed by atoms with Gasteiger partial charge in [0.15, 0.2) is 0 Å². The SMILES string of the molecule is CC1(C)CN(C(=O)CC2CCC2)CCC1N. The average Bonchev–Trinajstić information content (AvgIpc) is 2.15. The lowest BCUT2D eigenvalue weighted by molar-refractivity contribution is -0.136. The molecule has 1 atom stereocenters. The van der Waals surface area contributed by atoms with Gasteiger partial charge in [-0.2, -0.15) is 0 Å². The zero-order chi connectivity index (χ0) is 11.8. The van der Waals surface area contributed by atoms with Gasteiger partial charge in [-0.25, -0.2) is 0 Å². The maximum atomic E-state index is 12.1. The molecule has 2 rings (SSSR count). The molecule has 3 heteroatoms. The summed E-state index contributed by atoms with van der Waals surface area (Å²) in [4.78, 5) is 14.1. The highest BCUT2D eigenvalue weighted by atomic mass is 16.2. The van der Waals surface area contributed by atoms with E-state index in [0.717, 1.165) is 25.9 Å². The number of carbonyl (C=O) groups is 1. The molecule has 0 spiro atoms. The number of hydrogen-bond acceptors (Lipinski definition) is 2. The number of likely N-dealkylation sites (tertiary alicyclic amines) is 1. The van der Waals surface area contributed by atoms with Gasteiger partial charge in [0.1, 0.15) is 0 Å². The molecule has 0 aromatic rings. The summed E-state index contributed by atoms with van der Waals surface area (Å²) in [5.41, 5.74) is 6.15. The van der Waals surface area contributed by atoms with Gasteiger partial charge < -0.3 is 10.6 Å². The highest BCUT2D eigenvalue weighted by Gasteiger charge is 2.36. The molecule has 2 aliphatic rings. The molecule has 0 aromatic carbocycles. The van der Waals surface area contributed by atoms with Crippen LogP contribution in [0.15, 0.2) is 0 Å². The van der Waals surface area contributed by atoms with Crippen LogP contribution in [0.4, 0.5) is 0 Å². The third-order valence-corrected chi connectivity index (χ3v) is 4.35.